The van der Waals surface area contributed by atoms with Gasteiger partial charge in [0, 0.05) is 18.2 Å². The van der Waals surface area contributed by atoms with Gasteiger partial charge in [0.15, 0.2) is 0 Å². The quantitative estimate of drug-likeness (QED) is 0.890. The summed E-state index contributed by atoms with van der Waals surface area (Å²) in [6.45, 7) is 0. The van der Waals surface area contributed by atoms with Crippen molar-refractivity contribution in [1.29, 1.82) is 0 Å². The van der Waals surface area contributed by atoms with Gasteiger partial charge in [0.25, 0.3) is 5.56 Å². The number of aliphatic hydroxyl groups is 1. The Morgan fingerprint density at radius 1 is 1.04 bits per heavy atom. The number of aliphatic hydroxyl groups excluding tert-OH is 1. The van der Waals surface area contributed by atoms with Gasteiger partial charge in [-0.25, -0.2) is 4.68 Å². The molecule has 2 atom stereocenters. The van der Waals surface area contributed by atoms with Crippen LogP contribution in [0.1, 0.15) is 75.1 Å². The molecule has 1 aromatic rings. The van der Waals surface area contributed by atoms with E-state index in [1.807, 2.05) is 6.07 Å². The molecule has 0 amide bonds. The third kappa shape index (κ3) is 3.29. The average Bonchev–Trinajstić information content (AvgIpc) is 3.00. The summed E-state index contributed by atoms with van der Waals surface area (Å²) >= 11 is 0. The van der Waals surface area contributed by atoms with Crippen molar-refractivity contribution in [3.63, 3.8) is 0 Å². The Hall–Kier alpha value is -1.20. The van der Waals surface area contributed by atoms with Crippen molar-refractivity contribution in [3.05, 3.63) is 27.7 Å². The zero-order valence-corrected chi connectivity index (χ0v) is 14.4. The van der Waals surface area contributed by atoms with Crippen molar-refractivity contribution in [2.45, 2.75) is 94.9 Å². The SMILES string of the molecule is O=c1cc2c(nn1C1CCC(NC3CCCC3O)CC1)CCCC2. The normalized spacial score (nSPS) is 33.4. The first-order valence-electron chi connectivity index (χ1n) is 9.76. The summed E-state index contributed by atoms with van der Waals surface area (Å²) in [6, 6.07) is 2.83. The molecule has 2 fully saturated rings. The fourth-order valence-corrected chi connectivity index (χ4v) is 4.76. The Kier molecular flexibility index (Phi) is 4.72. The number of hydrogen-bond donors (Lipinski definition) is 2. The summed E-state index contributed by atoms with van der Waals surface area (Å²) in [5, 5.41) is 18.3. The van der Waals surface area contributed by atoms with Crippen LogP contribution in [-0.2, 0) is 12.8 Å². The van der Waals surface area contributed by atoms with E-state index >= 15 is 0 Å². The van der Waals surface area contributed by atoms with Crippen LogP contribution in [0.5, 0.6) is 0 Å². The monoisotopic (exact) mass is 331 g/mol. The lowest BCUT2D eigenvalue weighted by Gasteiger charge is -2.32. The van der Waals surface area contributed by atoms with E-state index in [9.17, 15) is 9.90 Å². The maximum Gasteiger partial charge on any atom is 0.267 e. The zero-order valence-electron chi connectivity index (χ0n) is 14.4. The smallest absolute Gasteiger partial charge is 0.267 e. The zero-order chi connectivity index (χ0) is 16.5. The van der Waals surface area contributed by atoms with Crippen molar-refractivity contribution < 1.29 is 5.11 Å². The molecular formula is C19H29N3O2. The highest BCUT2D eigenvalue weighted by Crippen LogP contribution is 2.29. The Bertz CT molecular complexity index is 634. The van der Waals surface area contributed by atoms with Crippen molar-refractivity contribution in [1.82, 2.24) is 15.1 Å². The molecule has 2 saturated carbocycles. The summed E-state index contributed by atoms with van der Waals surface area (Å²) in [7, 11) is 0. The number of aryl methyl sites for hydroxylation is 2. The summed E-state index contributed by atoms with van der Waals surface area (Å²) in [4.78, 5) is 12.4. The second-order valence-corrected chi connectivity index (χ2v) is 7.88. The number of nitrogens with zero attached hydrogens (tertiary/aromatic N) is 2. The molecule has 2 unspecified atom stereocenters. The third-order valence-corrected chi connectivity index (χ3v) is 6.20. The summed E-state index contributed by atoms with van der Waals surface area (Å²) in [5.74, 6) is 0. The molecule has 5 nitrogen and oxygen atoms in total. The Morgan fingerprint density at radius 3 is 2.58 bits per heavy atom. The fraction of sp³-hybridized carbons (Fsp3) is 0.789. The second kappa shape index (κ2) is 6.96. The molecule has 0 radical (unpaired) electrons. The number of nitrogens with one attached hydrogen (secondary N) is 1. The van der Waals surface area contributed by atoms with E-state index in [0.717, 1.165) is 63.5 Å². The lowest BCUT2D eigenvalue weighted by atomic mass is 9.90. The van der Waals surface area contributed by atoms with Crippen LogP contribution in [0.25, 0.3) is 0 Å². The molecule has 0 bridgehead atoms. The van der Waals surface area contributed by atoms with Gasteiger partial charge < -0.3 is 10.4 Å². The van der Waals surface area contributed by atoms with Crippen LogP contribution in [0, 0.1) is 0 Å². The molecule has 1 aromatic heterocycles. The molecule has 2 N–H and O–H groups in total. The first-order chi connectivity index (χ1) is 11.7. The molecule has 5 heteroatoms. The molecule has 0 saturated heterocycles. The van der Waals surface area contributed by atoms with E-state index in [1.54, 1.807) is 4.68 Å². The standard InChI is InChI=1S/C19H29N3O2/c23-18-7-3-6-17(18)20-14-8-10-15(11-9-14)22-19(24)12-13-4-1-2-5-16(13)21-22/h12,14-15,17-18,20,23H,1-11H2. The first-order valence-corrected chi connectivity index (χ1v) is 9.76. The topological polar surface area (TPSA) is 67.2 Å². The van der Waals surface area contributed by atoms with Gasteiger partial charge in [-0.15, -0.1) is 0 Å². The van der Waals surface area contributed by atoms with Crippen LogP contribution < -0.4 is 10.9 Å². The van der Waals surface area contributed by atoms with E-state index in [0.29, 0.717) is 6.04 Å². The van der Waals surface area contributed by atoms with Crippen molar-refractivity contribution in [3.8, 4) is 0 Å². The fourth-order valence-electron chi connectivity index (χ4n) is 4.76. The Labute approximate surface area is 143 Å². The van der Waals surface area contributed by atoms with Gasteiger partial charge in [0.05, 0.1) is 17.8 Å². The minimum absolute atomic E-state index is 0.0817. The van der Waals surface area contributed by atoms with Crippen LogP contribution in [0.3, 0.4) is 0 Å². The third-order valence-electron chi connectivity index (χ3n) is 6.20. The second-order valence-electron chi connectivity index (χ2n) is 7.88. The maximum absolute atomic E-state index is 12.4. The van der Waals surface area contributed by atoms with Gasteiger partial charge in [-0.1, -0.05) is 0 Å². The first kappa shape index (κ1) is 16.3. The molecular weight excluding hydrogens is 302 g/mol. The van der Waals surface area contributed by atoms with Gasteiger partial charge in [-0.05, 0) is 76.2 Å². The van der Waals surface area contributed by atoms with Gasteiger partial charge in [0.1, 0.15) is 0 Å². The molecule has 1 heterocycles. The summed E-state index contributed by atoms with van der Waals surface area (Å²) < 4.78 is 1.77. The molecule has 0 aliphatic heterocycles. The average molecular weight is 331 g/mol. The van der Waals surface area contributed by atoms with E-state index < -0.39 is 0 Å². The Morgan fingerprint density at radius 2 is 1.83 bits per heavy atom. The highest BCUT2D eigenvalue weighted by Gasteiger charge is 2.30. The van der Waals surface area contributed by atoms with Crippen molar-refractivity contribution >= 4 is 0 Å². The molecule has 4 rings (SSSR count). The largest absolute Gasteiger partial charge is 0.392 e. The van der Waals surface area contributed by atoms with Gasteiger partial charge in [-0.3, -0.25) is 4.79 Å². The number of aromatic nitrogens is 2. The van der Waals surface area contributed by atoms with Crippen LogP contribution >= 0.6 is 0 Å². The lowest BCUT2D eigenvalue weighted by Crippen LogP contribution is -2.45. The van der Waals surface area contributed by atoms with Crippen LogP contribution in [0.2, 0.25) is 0 Å². The van der Waals surface area contributed by atoms with E-state index in [1.165, 1.54) is 18.4 Å². The van der Waals surface area contributed by atoms with Gasteiger partial charge in [0.2, 0.25) is 0 Å². The van der Waals surface area contributed by atoms with Gasteiger partial charge >= 0.3 is 0 Å². The molecule has 0 aromatic carbocycles. The van der Waals surface area contributed by atoms with Crippen molar-refractivity contribution in [2.75, 3.05) is 0 Å². The molecule has 3 aliphatic rings. The highest BCUT2D eigenvalue weighted by molar-refractivity contribution is 5.20. The maximum atomic E-state index is 12.4. The van der Waals surface area contributed by atoms with E-state index in [2.05, 4.69) is 5.32 Å². The number of fused-ring (bicyclic) bond motifs is 1. The minimum Gasteiger partial charge on any atom is -0.392 e. The number of rotatable bonds is 3. The molecule has 3 aliphatic carbocycles. The molecule has 24 heavy (non-hydrogen) atoms. The van der Waals surface area contributed by atoms with Gasteiger partial charge in [-0.2, -0.15) is 5.10 Å². The number of hydrogen-bond acceptors (Lipinski definition) is 4. The summed E-state index contributed by atoms with van der Waals surface area (Å²) in [5.41, 5.74) is 2.40. The van der Waals surface area contributed by atoms with Crippen molar-refractivity contribution in [2.24, 2.45) is 0 Å². The predicted molar refractivity (Wildman–Crippen MR) is 93.2 cm³/mol. The highest BCUT2D eigenvalue weighted by atomic mass is 16.3. The minimum atomic E-state index is -0.173. The van der Waals surface area contributed by atoms with Crippen LogP contribution in [-0.4, -0.2) is 33.1 Å². The van der Waals surface area contributed by atoms with Crippen LogP contribution in [0.15, 0.2) is 10.9 Å². The predicted octanol–water partition coefficient (Wildman–Crippen LogP) is 2.11. The molecule has 0 spiro atoms. The van der Waals surface area contributed by atoms with E-state index in [4.69, 9.17) is 5.10 Å². The lowest BCUT2D eigenvalue weighted by molar-refractivity contribution is 0.134. The summed E-state index contributed by atoms with van der Waals surface area (Å²) in [6.07, 6.45) is 11.5. The van der Waals surface area contributed by atoms with Crippen LogP contribution in [0.4, 0.5) is 0 Å². The Balaban J connectivity index is 1.40. The van der Waals surface area contributed by atoms with E-state index in [-0.39, 0.29) is 23.7 Å². The molecule has 132 valence electrons.